The van der Waals surface area contributed by atoms with Crippen molar-refractivity contribution in [2.45, 2.75) is 225 Å². The van der Waals surface area contributed by atoms with Gasteiger partial charge in [0, 0.05) is 45.2 Å². The van der Waals surface area contributed by atoms with Gasteiger partial charge in [-0.2, -0.15) is 0 Å². The number of hydrogen-bond acceptors (Lipinski definition) is 16. The van der Waals surface area contributed by atoms with Crippen molar-refractivity contribution in [1.29, 1.82) is 0 Å². The number of benzene rings is 1. The predicted octanol–water partition coefficient (Wildman–Crippen LogP) is -2.43. The summed E-state index contributed by atoms with van der Waals surface area (Å²) in [5.41, 5.74) is 28.2. The Morgan fingerprint density at radius 1 is 0.602 bits per heavy atom. The number of rotatable bonds is 37. The first-order valence-corrected chi connectivity index (χ1v) is 31.6. The number of aromatic hydroxyl groups is 1. The molecule has 1 fully saturated rings. The molecule has 13 amide bonds. The van der Waals surface area contributed by atoms with Gasteiger partial charge in [0.05, 0.1) is 0 Å². The van der Waals surface area contributed by atoms with E-state index in [-0.39, 0.29) is 88.0 Å². The average molecular weight is 1310 g/mol. The number of carbonyl (C=O) groups excluding carboxylic acids is 13. The Hall–Kier alpha value is -9.13. The van der Waals surface area contributed by atoms with E-state index >= 15 is 0 Å². The number of nitrogens with two attached hydrogens (primary N) is 5. The molecule has 32 heteroatoms. The lowest BCUT2D eigenvalue weighted by Crippen LogP contribution is -2.61. The van der Waals surface area contributed by atoms with E-state index in [4.69, 9.17) is 28.7 Å². The van der Waals surface area contributed by atoms with Gasteiger partial charge in [-0.1, -0.05) is 72.9 Å². The van der Waals surface area contributed by atoms with Gasteiger partial charge in [0.1, 0.15) is 66.2 Å². The maximum Gasteiger partial charge on any atom is 0.303 e. The van der Waals surface area contributed by atoms with Crippen LogP contribution in [0.15, 0.2) is 29.3 Å². The zero-order valence-corrected chi connectivity index (χ0v) is 54.6. The van der Waals surface area contributed by atoms with Gasteiger partial charge in [-0.05, 0) is 107 Å². The van der Waals surface area contributed by atoms with E-state index in [1.165, 1.54) is 43.0 Å². The number of phenols is 1. The van der Waals surface area contributed by atoms with Gasteiger partial charge in [-0.3, -0.25) is 72.1 Å². The van der Waals surface area contributed by atoms with Crippen LogP contribution in [0.1, 0.15) is 164 Å². The topological polar surface area (TPSA) is 533 Å². The highest BCUT2D eigenvalue weighted by Gasteiger charge is 2.38. The van der Waals surface area contributed by atoms with Gasteiger partial charge >= 0.3 is 5.97 Å². The maximum atomic E-state index is 14.7. The molecule has 2 rings (SSSR count). The number of primary amides is 3. The summed E-state index contributed by atoms with van der Waals surface area (Å²) >= 11 is 0. The van der Waals surface area contributed by atoms with Crippen molar-refractivity contribution in [3.63, 3.8) is 0 Å². The van der Waals surface area contributed by atoms with Crippen LogP contribution in [0.4, 0.5) is 0 Å². The Morgan fingerprint density at radius 2 is 1.14 bits per heavy atom. The molecule has 1 saturated heterocycles. The van der Waals surface area contributed by atoms with E-state index in [0.29, 0.717) is 37.7 Å². The first-order valence-electron chi connectivity index (χ1n) is 31.6. The summed E-state index contributed by atoms with van der Waals surface area (Å²) in [7, 11) is 0. The Morgan fingerprint density at radius 3 is 1.70 bits per heavy atom. The zero-order valence-electron chi connectivity index (χ0n) is 54.6. The van der Waals surface area contributed by atoms with Crippen molar-refractivity contribution < 1.29 is 77.3 Å². The fourth-order valence-electron chi connectivity index (χ4n) is 9.93. The van der Waals surface area contributed by atoms with Crippen LogP contribution in [0.25, 0.3) is 0 Å². The Bertz CT molecular complexity index is 2780. The second-order valence-electron chi connectivity index (χ2n) is 24.4. The van der Waals surface area contributed by atoms with Crippen molar-refractivity contribution >= 4 is 88.7 Å². The largest absolute Gasteiger partial charge is 0.508 e. The number of carbonyl (C=O) groups is 14. The molecule has 0 saturated carbocycles. The number of nitrogens with zero attached hydrogens (tertiary/aromatic N) is 2. The highest BCUT2D eigenvalue weighted by molar-refractivity contribution is 5.99. The van der Waals surface area contributed by atoms with E-state index in [9.17, 15) is 77.3 Å². The summed E-state index contributed by atoms with van der Waals surface area (Å²) < 4.78 is 0. The van der Waals surface area contributed by atoms with Crippen LogP contribution in [0.2, 0.25) is 0 Å². The van der Waals surface area contributed by atoms with Crippen molar-refractivity contribution in [3.05, 3.63) is 29.8 Å². The molecule has 0 unspecified atom stereocenters. The molecule has 11 atom stereocenters. The third-order valence-electron chi connectivity index (χ3n) is 15.4. The smallest absolute Gasteiger partial charge is 0.303 e. The summed E-state index contributed by atoms with van der Waals surface area (Å²) in [6, 6.07) is -8.13. The number of phenolic OH excluding ortho intramolecular Hbond substituents is 1. The number of carboxylic acids is 1. The minimum atomic E-state index is -1.61. The van der Waals surface area contributed by atoms with Crippen LogP contribution in [-0.2, 0) is 73.5 Å². The Labute approximate surface area is 542 Å². The van der Waals surface area contributed by atoms with Gasteiger partial charge in [0.2, 0.25) is 76.8 Å². The summed E-state index contributed by atoms with van der Waals surface area (Å²) in [6.07, 6.45) is -0.224. The third-order valence-corrected chi connectivity index (χ3v) is 15.4. The lowest BCUT2D eigenvalue weighted by atomic mass is 9.96. The molecule has 520 valence electrons. The van der Waals surface area contributed by atoms with E-state index in [2.05, 4.69) is 52.8 Å². The first kappa shape index (κ1) is 80.0. The van der Waals surface area contributed by atoms with Crippen LogP contribution in [0, 0.1) is 17.8 Å². The molecule has 0 aliphatic carbocycles. The summed E-state index contributed by atoms with van der Waals surface area (Å²) in [4.78, 5) is 194. The quantitative estimate of drug-likeness (QED) is 0.0187. The monoisotopic (exact) mass is 1310 g/mol. The molecule has 21 N–H and O–H groups in total. The number of hydrogen-bond donors (Lipinski definition) is 16. The van der Waals surface area contributed by atoms with E-state index in [1.54, 1.807) is 27.7 Å². The molecule has 0 spiro atoms. The molecular formula is C61H100N16O16. The average Bonchev–Trinajstić information content (AvgIpc) is 0.980. The molecule has 1 heterocycles. The van der Waals surface area contributed by atoms with Crippen LogP contribution >= 0.6 is 0 Å². The lowest BCUT2D eigenvalue weighted by Gasteiger charge is -2.34. The van der Waals surface area contributed by atoms with Gasteiger partial charge in [-0.25, -0.2) is 0 Å². The molecule has 93 heavy (non-hydrogen) atoms. The number of aliphatic imine (C=N–C) groups is 1. The van der Waals surface area contributed by atoms with Crippen LogP contribution < -0.4 is 76.5 Å². The molecular weight excluding hydrogens is 1210 g/mol. The number of nitrogens with one attached hydrogen (secondary N) is 9. The number of carboxylic acid groups (broad SMARTS) is 1. The van der Waals surface area contributed by atoms with Crippen molar-refractivity contribution in [2.24, 2.45) is 51.4 Å². The fraction of sp³-hybridized carbons (Fsp3) is 0.656. The molecule has 1 aliphatic rings. The van der Waals surface area contributed by atoms with Crippen LogP contribution in [-0.4, -0.2) is 177 Å². The second-order valence-corrected chi connectivity index (χ2v) is 24.4. The molecule has 32 nitrogen and oxygen atoms in total. The predicted molar refractivity (Wildman–Crippen MR) is 340 cm³/mol. The summed E-state index contributed by atoms with van der Waals surface area (Å²) in [5, 5.41) is 42.5. The maximum absolute atomic E-state index is 14.7. The third kappa shape index (κ3) is 30.2. The minimum Gasteiger partial charge on any atom is -0.508 e. The number of guanidine groups is 1. The second kappa shape index (κ2) is 40.7. The SMILES string of the molecule is CC[C@H](C)[C@H](NC(=O)[C@H](CCC(=O)O)NC(=O)[C@H](C)NC(=O)[C@H](CC(C)C)NC(=O)[C@H](CCC(N)=O)NC(=O)[C@H](CCCN=C(N)N)NC(=O)[C@H](C)N1CCCCCCC(=O)N[C@@H](CCC(N)=O)C(=O)N[C@@H](CC(C)C)C1=O)C(=O)N[C@@H](Cc1ccc(O)cc1)C(N)=O. The summed E-state index contributed by atoms with van der Waals surface area (Å²) in [5.74, 6) is -13.5. The molecule has 0 aromatic heterocycles. The van der Waals surface area contributed by atoms with Gasteiger partial charge in [-0.15, -0.1) is 0 Å². The first-order chi connectivity index (χ1) is 43.6. The van der Waals surface area contributed by atoms with Gasteiger partial charge in [0.25, 0.3) is 0 Å². The molecule has 0 bridgehead atoms. The highest BCUT2D eigenvalue weighted by Crippen LogP contribution is 2.18. The van der Waals surface area contributed by atoms with E-state index in [1.807, 2.05) is 13.8 Å². The Kier molecular flexibility index (Phi) is 35.0. The standard InChI is InChI=1S/C61H100N16O16/c1-9-34(6)50(59(92)73-43(51(64)84)31-37-17-19-38(78)20-18-37)76-57(90)42(23-26-49(82)83)70-52(85)35(7)68-58(91)44(29-32(2)3)74-56(89)41(22-25-47(63)80)72-54(87)39(15-14-27-67-61(65)66)71-53(86)36(8)77-28-13-11-10-12-16-48(81)69-40(21-24-46(62)79)55(88)75-45(60(77)93)30-33(4)5/h17-20,32-36,39-45,50,78H,9-16,21-31H2,1-8H3,(H2,62,79)(H2,63,80)(H2,64,84)(H,68,91)(H,69,81)(H,70,85)(H,71,86)(H,72,87)(H,73,92)(H,74,89)(H,75,88)(H,76,90)(H,82,83)(H4,65,66,67)/t34-,35-,36-,39-,40-,41-,42-,43-,44-,45-,50-/m0/s1. The van der Waals surface area contributed by atoms with Crippen molar-refractivity contribution in [3.8, 4) is 5.75 Å². The lowest BCUT2D eigenvalue weighted by molar-refractivity contribution is -0.144. The van der Waals surface area contributed by atoms with Crippen LogP contribution in [0.3, 0.4) is 0 Å². The normalized spacial score (nSPS) is 17.7. The molecule has 1 aromatic carbocycles. The van der Waals surface area contributed by atoms with E-state index < -0.39 is 175 Å². The zero-order chi connectivity index (χ0) is 70.2. The van der Waals surface area contributed by atoms with Gasteiger partial charge < -0.3 is 91.6 Å². The van der Waals surface area contributed by atoms with Crippen molar-refractivity contribution in [1.82, 2.24) is 52.8 Å². The molecule has 1 aromatic rings. The van der Waals surface area contributed by atoms with E-state index in [0.717, 1.165) is 0 Å². The van der Waals surface area contributed by atoms with Crippen LogP contribution in [0.5, 0.6) is 5.75 Å². The number of aliphatic carboxylic acids is 1. The highest BCUT2D eigenvalue weighted by atomic mass is 16.4. The fourth-order valence-corrected chi connectivity index (χ4v) is 9.93. The summed E-state index contributed by atoms with van der Waals surface area (Å²) in [6.45, 7) is 13.1. The minimum absolute atomic E-state index is 0.0129. The number of amides is 13. The molecule has 1 aliphatic heterocycles. The molecule has 0 radical (unpaired) electrons. The van der Waals surface area contributed by atoms with Gasteiger partial charge in [0.15, 0.2) is 5.96 Å². The Balaban J connectivity index is 2.47. The van der Waals surface area contributed by atoms with Crippen molar-refractivity contribution in [2.75, 3.05) is 13.1 Å².